The smallest absolute Gasteiger partial charge is 0.291 e. The molecule has 0 spiro atoms. The van der Waals surface area contributed by atoms with Crippen LogP contribution in [0, 0.1) is 18.2 Å². The summed E-state index contributed by atoms with van der Waals surface area (Å²) in [5, 5.41) is 12.3. The third-order valence-corrected chi connectivity index (χ3v) is 10.1. The molecule has 1 fully saturated rings. The number of rotatable bonds is 7. The second-order valence-corrected chi connectivity index (χ2v) is 13.3. The summed E-state index contributed by atoms with van der Waals surface area (Å²) in [4.78, 5) is 22.7. The predicted octanol–water partition coefficient (Wildman–Crippen LogP) is 4.15. The summed E-state index contributed by atoms with van der Waals surface area (Å²) in [6.45, 7) is 0.281. The van der Waals surface area contributed by atoms with Gasteiger partial charge in [-0.2, -0.15) is 13.2 Å². The number of carbonyl (C=O) groups is 1. The Morgan fingerprint density at radius 3 is 2.61 bits per heavy atom. The number of nitrogens with zero attached hydrogens (tertiary/aromatic N) is 8. The lowest BCUT2D eigenvalue weighted by Gasteiger charge is -2.46. The number of ketones is 1. The van der Waals surface area contributed by atoms with Gasteiger partial charge in [-0.1, -0.05) is 10.8 Å². The number of aryl methyl sites for hydroxylation is 2. The van der Waals surface area contributed by atoms with Crippen LogP contribution in [0.5, 0.6) is 0 Å². The minimum absolute atomic E-state index is 0.0281. The Kier molecular flexibility index (Phi) is 7.27. The maximum Gasteiger partial charge on any atom is 0.402 e. The standard InChI is InChI=1S/C29H28F4N8O2S/c1-18-10-11-34-23(12-18)26(42)28-14-22(40(16-29(31,32)33)44(3,43)27-35-17-39(2)37-27)7-4-19(28)13-25-24(15-28)36-38-41(25)21-8-5-20(30)6-9-21/h5-6,8-13,17,22H,3-4,7,14-16H2,1-2H3/t22-,28+,44?/m0/s1. The van der Waals surface area contributed by atoms with Crippen molar-refractivity contribution in [3.05, 3.63) is 83.0 Å². The quantitative estimate of drug-likeness (QED) is 0.172. The first-order valence-corrected chi connectivity index (χ1v) is 15.4. The molecular formula is C29H28F4N8O2S. The van der Waals surface area contributed by atoms with Gasteiger partial charge in [0.15, 0.2) is 5.78 Å². The Morgan fingerprint density at radius 2 is 1.95 bits per heavy atom. The molecule has 10 nitrogen and oxygen atoms in total. The molecule has 1 unspecified atom stereocenters. The van der Waals surface area contributed by atoms with E-state index in [1.54, 1.807) is 35.0 Å². The maximum atomic E-state index is 14.5. The van der Waals surface area contributed by atoms with Crippen LogP contribution in [0.25, 0.3) is 11.8 Å². The average molecular weight is 629 g/mol. The summed E-state index contributed by atoms with van der Waals surface area (Å²) in [6, 6.07) is 8.09. The van der Waals surface area contributed by atoms with Crippen molar-refractivity contribution < 1.29 is 26.6 Å². The lowest BCUT2D eigenvalue weighted by molar-refractivity contribution is -0.140. The Balaban J connectivity index is 1.46. The van der Waals surface area contributed by atoms with Crippen molar-refractivity contribution in [2.24, 2.45) is 12.5 Å². The molecule has 15 heteroatoms. The van der Waals surface area contributed by atoms with E-state index >= 15 is 0 Å². The van der Waals surface area contributed by atoms with E-state index in [2.05, 4.69) is 31.2 Å². The van der Waals surface area contributed by atoms with E-state index in [4.69, 9.17) is 0 Å². The second-order valence-electron chi connectivity index (χ2n) is 11.2. The van der Waals surface area contributed by atoms with Crippen LogP contribution in [0.15, 0.2) is 59.7 Å². The van der Waals surface area contributed by atoms with Gasteiger partial charge < -0.3 is 0 Å². The van der Waals surface area contributed by atoms with Crippen molar-refractivity contribution >= 4 is 27.4 Å². The number of allylic oxidation sites excluding steroid dienone is 1. The van der Waals surface area contributed by atoms with Crippen LogP contribution in [-0.4, -0.2) is 73.7 Å². The molecule has 1 aromatic carbocycles. The van der Waals surface area contributed by atoms with Crippen molar-refractivity contribution in [3.8, 4) is 5.69 Å². The summed E-state index contributed by atoms with van der Waals surface area (Å²) in [6.07, 6.45) is 0.120. The van der Waals surface area contributed by atoms with Crippen LogP contribution in [-0.2, 0) is 23.2 Å². The zero-order valence-electron chi connectivity index (χ0n) is 23.8. The molecule has 0 N–H and O–H groups in total. The monoisotopic (exact) mass is 628 g/mol. The molecular weight excluding hydrogens is 600 g/mol. The zero-order chi connectivity index (χ0) is 31.4. The largest absolute Gasteiger partial charge is 0.402 e. The van der Waals surface area contributed by atoms with Crippen LogP contribution >= 0.6 is 0 Å². The number of fused-ring (bicyclic) bond motifs is 2. The van der Waals surface area contributed by atoms with Crippen molar-refractivity contribution in [1.82, 2.24) is 39.0 Å². The fraction of sp³-hybridized carbons (Fsp3) is 0.345. The first-order valence-electron chi connectivity index (χ1n) is 13.7. The first kappa shape index (κ1) is 29.8. The van der Waals surface area contributed by atoms with Gasteiger partial charge in [0.1, 0.15) is 24.4 Å². The van der Waals surface area contributed by atoms with Gasteiger partial charge in [-0.05, 0) is 80.1 Å². The summed E-state index contributed by atoms with van der Waals surface area (Å²) < 4.78 is 73.3. The van der Waals surface area contributed by atoms with Gasteiger partial charge in [-0.3, -0.25) is 14.5 Å². The molecule has 0 bridgehead atoms. The van der Waals surface area contributed by atoms with Gasteiger partial charge in [0.2, 0.25) is 5.16 Å². The number of hydrogen-bond donors (Lipinski definition) is 0. The Labute approximate surface area is 250 Å². The Bertz CT molecular complexity index is 1880. The SMILES string of the molecule is C=S(=O)(c1ncn(C)n1)N(CC(F)(F)F)[C@H]1CCC2=Cc3c(nnn3-c3ccc(F)cc3)C[C@]2(C(=O)c2cc(C)ccn2)C1. The van der Waals surface area contributed by atoms with E-state index in [-0.39, 0.29) is 42.3 Å². The highest BCUT2D eigenvalue weighted by atomic mass is 32.2. The fourth-order valence-electron chi connectivity index (χ4n) is 6.10. The van der Waals surface area contributed by atoms with Gasteiger partial charge in [0, 0.05) is 25.7 Å². The van der Waals surface area contributed by atoms with Crippen molar-refractivity contribution in [2.75, 3.05) is 6.54 Å². The molecule has 230 valence electrons. The molecule has 3 heterocycles. The van der Waals surface area contributed by atoms with E-state index < -0.39 is 39.7 Å². The molecule has 4 aromatic rings. The molecule has 0 radical (unpaired) electrons. The van der Waals surface area contributed by atoms with Crippen LogP contribution in [0.1, 0.15) is 46.7 Å². The van der Waals surface area contributed by atoms with Crippen LogP contribution in [0.4, 0.5) is 17.6 Å². The van der Waals surface area contributed by atoms with E-state index in [1.807, 2.05) is 6.92 Å². The predicted molar refractivity (Wildman–Crippen MR) is 154 cm³/mol. The van der Waals surface area contributed by atoms with Crippen molar-refractivity contribution in [2.45, 2.75) is 50.0 Å². The number of Topliss-reactive ketones (excluding diaryl/α,β-unsaturated/α-hetero) is 1. The van der Waals surface area contributed by atoms with E-state index in [9.17, 15) is 26.6 Å². The van der Waals surface area contributed by atoms with Crippen LogP contribution < -0.4 is 0 Å². The number of carbonyl (C=O) groups excluding carboxylic acids is 1. The highest BCUT2D eigenvalue weighted by Crippen LogP contribution is 2.51. The van der Waals surface area contributed by atoms with E-state index in [0.717, 1.165) is 9.87 Å². The zero-order valence-corrected chi connectivity index (χ0v) is 24.6. The number of benzene rings is 1. The summed E-state index contributed by atoms with van der Waals surface area (Å²) in [5.74, 6) is 2.89. The molecule has 2 aliphatic rings. The minimum atomic E-state index is -4.72. The molecule has 0 aliphatic heterocycles. The molecule has 3 atom stereocenters. The summed E-state index contributed by atoms with van der Waals surface area (Å²) in [7, 11) is -2.30. The molecule has 3 aromatic heterocycles. The molecule has 0 amide bonds. The third kappa shape index (κ3) is 5.34. The number of alkyl halides is 3. The summed E-state index contributed by atoms with van der Waals surface area (Å²) >= 11 is 0. The van der Waals surface area contributed by atoms with Gasteiger partial charge in [0.25, 0.3) is 0 Å². The Morgan fingerprint density at radius 1 is 1.20 bits per heavy atom. The molecule has 6 rings (SSSR count). The summed E-state index contributed by atoms with van der Waals surface area (Å²) in [5.41, 5.74) is 1.88. The lowest BCUT2D eigenvalue weighted by Crippen LogP contribution is -2.53. The number of aromatic nitrogens is 7. The lowest BCUT2D eigenvalue weighted by atomic mass is 9.61. The normalized spacial score (nSPS) is 21.3. The van der Waals surface area contributed by atoms with Crippen molar-refractivity contribution in [3.63, 3.8) is 0 Å². The van der Waals surface area contributed by atoms with Gasteiger partial charge in [-0.25, -0.2) is 22.6 Å². The average Bonchev–Trinajstić information content (AvgIpc) is 3.60. The molecule has 0 saturated heterocycles. The third-order valence-electron chi connectivity index (χ3n) is 8.14. The maximum absolute atomic E-state index is 14.5. The Hall–Kier alpha value is -4.24. The minimum Gasteiger partial charge on any atom is -0.291 e. The topological polar surface area (TPSA) is 112 Å². The van der Waals surface area contributed by atoms with Crippen molar-refractivity contribution in [1.29, 1.82) is 0 Å². The molecule has 1 saturated carbocycles. The highest BCUT2D eigenvalue weighted by molar-refractivity contribution is 7.98. The molecule has 44 heavy (non-hydrogen) atoms. The van der Waals surface area contributed by atoms with Gasteiger partial charge in [0.05, 0.1) is 32.2 Å². The van der Waals surface area contributed by atoms with Gasteiger partial charge in [-0.15, -0.1) is 10.2 Å². The first-order chi connectivity index (χ1) is 20.8. The van der Waals surface area contributed by atoms with E-state index in [1.165, 1.54) is 36.4 Å². The second kappa shape index (κ2) is 10.7. The number of halogens is 4. The fourth-order valence-corrected chi connectivity index (χ4v) is 7.79. The number of pyridine rings is 1. The van der Waals surface area contributed by atoms with Crippen LogP contribution in [0.2, 0.25) is 0 Å². The number of hydrogen-bond acceptors (Lipinski definition) is 7. The highest BCUT2D eigenvalue weighted by Gasteiger charge is 2.53. The van der Waals surface area contributed by atoms with Gasteiger partial charge >= 0.3 is 6.18 Å². The van der Waals surface area contributed by atoms with Crippen LogP contribution in [0.3, 0.4) is 0 Å². The molecule has 2 aliphatic carbocycles. The van der Waals surface area contributed by atoms with E-state index in [0.29, 0.717) is 22.6 Å².